The van der Waals surface area contributed by atoms with Crippen molar-refractivity contribution in [3.05, 3.63) is 17.0 Å². The first kappa shape index (κ1) is 17.0. The minimum Gasteiger partial charge on any atom is -0.369 e. The summed E-state index contributed by atoms with van der Waals surface area (Å²) in [7, 11) is 0. The topological polar surface area (TPSA) is 78.5 Å². The van der Waals surface area contributed by atoms with Gasteiger partial charge < -0.3 is 14.5 Å². The molecular formula is C17H26N4O3. The molecule has 0 aliphatic carbocycles. The van der Waals surface area contributed by atoms with Crippen LogP contribution in [0.2, 0.25) is 0 Å². The molecule has 132 valence electrons. The first-order chi connectivity index (χ1) is 11.3. The van der Waals surface area contributed by atoms with Crippen LogP contribution in [-0.4, -0.2) is 63.1 Å². The summed E-state index contributed by atoms with van der Waals surface area (Å²) < 4.78 is 5.78. The van der Waals surface area contributed by atoms with Gasteiger partial charge in [0.2, 0.25) is 5.91 Å². The van der Waals surface area contributed by atoms with Crippen LogP contribution in [0.4, 0.5) is 0 Å². The van der Waals surface area contributed by atoms with Crippen LogP contribution in [0.25, 0.3) is 0 Å². The second kappa shape index (κ2) is 5.88. The lowest BCUT2D eigenvalue weighted by Crippen LogP contribution is -2.64. The Morgan fingerprint density at radius 2 is 2.08 bits per heavy atom. The van der Waals surface area contributed by atoms with Gasteiger partial charge in [-0.15, -0.1) is 0 Å². The maximum atomic E-state index is 13.1. The van der Waals surface area contributed by atoms with Crippen LogP contribution in [0, 0.1) is 0 Å². The van der Waals surface area contributed by atoms with Gasteiger partial charge in [-0.2, -0.15) is 5.10 Å². The van der Waals surface area contributed by atoms with Gasteiger partial charge in [0.1, 0.15) is 5.54 Å². The number of ether oxygens (including phenoxy) is 1. The maximum Gasteiger partial charge on any atom is 0.275 e. The average Bonchev–Trinajstić information content (AvgIpc) is 2.93. The zero-order valence-corrected chi connectivity index (χ0v) is 15.0. The van der Waals surface area contributed by atoms with Crippen molar-refractivity contribution in [1.29, 1.82) is 0 Å². The van der Waals surface area contributed by atoms with Crippen molar-refractivity contribution >= 4 is 11.8 Å². The van der Waals surface area contributed by atoms with Crippen LogP contribution in [0.15, 0.2) is 0 Å². The molecule has 7 nitrogen and oxygen atoms in total. The number of hydrogen-bond acceptors (Lipinski definition) is 4. The fourth-order valence-electron chi connectivity index (χ4n) is 3.74. The second-order valence-electron chi connectivity index (χ2n) is 7.16. The predicted molar refractivity (Wildman–Crippen MR) is 88.6 cm³/mol. The molecule has 3 rings (SSSR count). The van der Waals surface area contributed by atoms with Crippen molar-refractivity contribution in [3.63, 3.8) is 0 Å². The lowest BCUT2D eigenvalue weighted by atomic mass is 9.94. The Morgan fingerprint density at radius 3 is 2.75 bits per heavy atom. The molecule has 2 aliphatic heterocycles. The fourth-order valence-corrected chi connectivity index (χ4v) is 3.74. The van der Waals surface area contributed by atoms with E-state index in [0.717, 1.165) is 11.3 Å². The molecular weight excluding hydrogens is 308 g/mol. The van der Waals surface area contributed by atoms with Gasteiger partial charge in [-0.05, 0) is 34.6 Å². The third kappa shape index (κ3) is 2.51. The summed E-state index contributed by atoms with van der Waals surface area (Å²) in [5.74, 6) is -0.193. The number of hydrogen-bond donors (Lipinski definition) is 1. The molecule has 0 unspecified atom stereocenters. The Morgan fingerprint density at radius 1 is 1.38 bits per heavy atom. The highest BCUT2D eigenvalue weighted by atomic mass is 16.5. The summed E-state index contributed by atoms with van der Waals surface area (Å²) in [6.07, 6.45) is 0.591. The molecule has 1 aromatic heterocycles. The van der Waals surface area contributed by atoms with Gasteiger partial charge in [-0.25, -0.2) is 0 Å². The quantitative estimate of drug-likeness (QED) is 0.889. The number of H-pyrrole nitrogens is 1. The van der Waals surface area contributed by atoms with Crippen LogP contribution >= 0.6 is 0 Å². The summed E-state index contributed by atoms with van der Waals surface area (Å²) >= 11 is 0. The number of piperazine rings is 1. The molecule has 0 aromatic carbocycles. The van der Waals surface area contributed by atoms with Crippen molar-refractivity contribution in [2.24, 2.45) is 0 Å². The number of likely N-dealkylation sites (N-methyl/N-ethyl adjacent to an activating group) is 1. The van der Waals surface area contributed by atoms with E-state index in [2.05, 4.69) is 10.2 Å². The van der Waals surface area contributed by atoms with Crippen molar-refractivity contribution in [2.75, 3.05) is 19.6 Å². The maximum absolute atomic E-state index is 13.1. The number of aromatic amines is 1. The molecule has 2 atom stereocenters. The van der Waals surface area contributed by atoms with Crippen molar-refractivity contribution in [2.45, 2.75) is 58.8 Å². The predicted octanol–water partition coefficient (Wildman–Crippen LogP) is 1.51. The third-order valence-electron chi connectivity index (χ3n) is 5.14. The van der Waals surface area contributed by atoms with Gasteiger partial charge in [-0.1, -0.05) is 0 Å². The number of nitrogens with one attached hydrogen (secondary N) is 1. The number of amides is 2. The smallest absolute Gasteiger partial charge is 0.275 e. The highest BCUT2D eigenvalue weighted by Crippen LogP contribution is 2.32. The van der Waals surface area contributed by atoms with E-state index in [-0.39, 0.29) is 24.0 Å². The first-order valence-corrected chi connectivity index (χ1v) is 8.61. The molecule has 3 heterocycles. The van der Waals surface area contributed by atoms with Gasteiger partial charge >= 0.3 is 0 Å². The molecule has 0 radical (unpaired) electrons. The highest BCUT2D eigenvalue weighted by molar-refractivity contribution is 5.99. The van der Waals surface area contributed by atoms with Crippen LogP contribution in [0.3, 0.4) is 0 Å². The van der Waals surface area contributed by atoms with Gasteiger partial charge in [0.25, 0.3) is 5.91 Å². The van der Waals surface area contributed by atoms with Crippen molar-refractivity contribution in [1.82, 2.24) is 20.0 Å². The Kier molecular flexibility index (Phi) is 4.15. The Hall–Kier alpha value is -1.89. The third-order valence-corrected chi connectivity index (χ3v) is 5.14. The van der Waals surface area contributed by atoms with Crippen molar-refractivity contribution in [3.8, 4) is 0 Å². The second-order valence-corrected chi connectivity index (χ2v) is 7.16. The summed E-state index contributed by atoms with van der Waals surface area (Å²) in [5, 5.41) is 7.22. The number of aromatic nitrogens is 2. The molecule has 0 saturated carbocycles. The van der Waals surface area contributed by atoms with E-state index in [4.69, 9.17) is 4.74 Å². The lowest BCUT2D eigenvalue weighted by Gasteiger charge is -2.45. The largest absolute Gasteiger partial charge is 0.369 e. The average molecular weight is 334 g/mol. The molecule has 0 bridgehead atoms. The molecule has 7 heteroatoms. The van der Waals surface area contributed by atoms with E-state index in [0.29, 0.717) is 31.7 Å². The molecule has 24 heavy (non-hydrogen) atoms. The van der Waals surface area contributed by atoms with E-state index >= 15 is 0 Å². The van der Waals surface area contributed by atoms with Crippen LogP contribution in [0.5, 0.6) is 0 Å². The minimum absolute atomic E-state index is 0.0147. The Labute approximate surface area is 142 Å². The summed E-state index contributed by atoms with van der Waals surface area (Å²) in [6.45, 7) is 11.3. The number of rotatable bonds is 2. The highest BCUT2D eigenvalue weighted by Gasteiger charge is 2.45. The van der Waals surface area contributed by atoms with E-state index in [1.807, 2.05) is 34.6 Å². The Bertz CT molecular complexity index is 667. The standard InChI is InChI=1S/C17H26N4O3/c1-6-20-7-8-21(17(4,5)16(20)23)15(22)14-12-9-10(2)24-11(3)13(12)18-19-14/h10-11H,6-9H2,1-5H3,(H,18,19)/t10-,11+/m0/s1. The molecule has 0 spiro atoms. The van der Waals surface area contributed by atoms with Gasteiger partial charge in [0.15, 0.2) is 5.69 Å². The zero-order chi connectivity index (χ0) is 17.6. The summed E-state index contributed by atoms with van der Waals surface area (Å²) in [6, 6.07) is 0. The number of carbonyl (C=O) groups excluding carboxylic acids is 2. The van der Waals surface area contributed by atoms with Gasteiger partial charge in [-0.3, -0.25) is 14.7 Å². The number of carbonyl (C=O) groups is 2. The summed E-state index contributed by atoms with van der Waals surface area (Å²) in [4.78, 5) is 29.2. The van der Waals surface area contributed by atoms with E-state index in [1.165, 1.54) is 0 Å². The molecule has 2 amide bonds. The molecule has 2 aliphatic rings. The van der Waals surface area contributed by atoms with Crippen LogP contribution in [0.1, 0.15) is 62.5 Å². The van der Waals surface area contributed by atoms with Crippen LogP contribution < -0.4 is 0 Å². The van der Waals surface area contributed by atoms with E-state index in [1.54, 1.807) is 9.80 Å². The number of fused-ring (bicyclic) bond motifs is 1. The monoisotopic (exact) mass is 334 g/mol. The first-order valence-electron chi connectivity index (χ1n) is 8.61. The summed E-state index contributed by atoms with van der Waals surface area (Å²) in [5.41, 5.74) is 1.36. The molecule has 1 fully saturated rings. The van der Waals surface area contributed by atoms with Crippen molar-refractivity contribution < 1.29 is 14.3 Å². The SMILES string of the molecule is CCN1CCN(C(=O)c2n[nH]c3c2C[C@H](C)O[C@@H]3C)C(C)(C)C1=O. The molecule has 1 N–H and O–H groups in total. The fraction of sp³-hybridized carbons (Fsp3) is 0.706. The lowest BCUT2D eigenvalue weighted by molar-refractivity contribution is -0.146. The normalized spacial score (nSPS) is 26.5. The van der Waals surface area contributed by atoms with E-state index in [9.17, 15) is 9.59 Å². The number of nitrogens with zero attached hydrogens (tertiary/aromatic N) is 3. The van der Waals surface area contributed by atoms with E-state index < -0.39 is 5.54 Å². The van der Waals surface area contributed by atoms with Crippen LogP contribution in [-0.2, 0) is 16.0 Å². The van der Waals surface area contributed by atoms with Gasteiger partial charge in [0.05, 0.1) is 17.9 Å². The van der Waals surface area contributed by atoms with Gasteiger partial charge in [0, 0.05) is 31.6 Å². The molecule has 1 aromatic rings. The minimum atomic E-state index is -0.862. The molecule has 1 saturated heterocycles. The zero-order valence-electron chi connectivity index (χ0n) is 15.0. The Balaban J connectivity index is 1.92.